The number of alkyl halides is 3. The molecule has 0 spiro atoms. The van der Waals surface area contributed by atoms with E-state index in [9.17, 15) is 18.0 Å². The standard InChI is InChI=1S/C11H10F3N3OS/c12-11(13,14)6-15-9(18)5-19-10-16-7-3-1-2-4-8(7)17-10/h1-4H,5-6H2,(H,15,18)(H,16,17). The highest BCUT2D eigenvalue weighted by atomic mass is 32.2. The number of imidazole rings is 1. The molecule has 1 amide bonds. The number of hydrogen-bond donors (Lipinski definition) is 2. The molecule has 0 fully saturated rings. The van der Waals surface area contributed by atoms with Gasteiger partial charge in [-0.05, 0) is 12.1 Å². The van der Waals surface area contributed by atoms with E-state index in [4.69, 9.17) is 0 Å². The van der Waals surface area contributed by atoms with Gasteiger partial charge in [-0.1, -0.05) is 23.9 Å². The minimum Gasteiger partial charge on any atom is -0.346 e. The van der Waals surface area contributed by atoms with Gasteiger partial charge in [-0.25, -0.2) is 4.98 Å². The lowest BCUT2D eigenvalue weighted by molar-refractivity contribution is -0.136. The molecule has 0 saturated carbocycles. The first-order chi connectivity index (χ1) is 8.94. The van der Waals surface area contributed by atoms with Crippen molar-refractivity contribution in [1.82, 2.24) is 15.3 Å². The zero-order chi connectivity index (χ0) is 13.9. The van der Waals surface area contributed by atoms with Gasteiger partial charge in [-0.3, -0.25) is 4.79 Å². The molecule has 0 aliphatic rings. The number of hydrogen-bond acceptors (Lipinski definition) is 3. The summed E-state index contributed by atoms with van der Waals surface area (Å²) in [5.74, 6) is -0.793. The molecule has 2 rings (SSSR count). The second kappa shape index (κ2) is 5.52. The summed E-state index contributed by atoms with van der Waals surface area (Å²) in [6.07, 6.45) is -4.39. The Morgan fingerprint density at radius 2 is 2.11 bits per heavy atom. The first-order valence-corrected chi connectivity index (χ1v) is 6.33. The lowest BCUT2D eigenvalue weighted by atomic mass is 10.3. The van der Waals surface area contributed by atoms with Gasteiger partial charge in [0.25, 0.3) is 0 Å². The SMILES string of the molecule is O=C(CSc1nc2ccccc2[nH]1)NCC(F)(F)F. The highest BCUT2D eigenvalue weighted by molar-refractivity contribution is 7.99. The Bertz CT molecular complexity index is 549. The Balaban J connectivity index is 1.86. The summed E-state index contributed by atoms with van der Waals surface area (Å²) in [4.78, 5) is 18.4. The van der Waals surface area contributed by atoms with Crippen LogP contribution < -0.4 is 5.32 Å². The summed E-state index contributed by atoms with van der Waals surface area (Å²) in [6, 6.07) is 7.30. The molecule has 4 nitrogen and oxygen atoms in total. The quantitative estimate of drug-likeness (QED) is 0.849. The molecule has 0 unspecified atom stereocenters. The number of aromatic nitrogens is 2. The molecule has 0 aliphatic carbocycles. The highest BCUT2D eigenvalue weighted by Gasteiger charge is 2.27. The van der Waals surface area contributed by atoms with Crippen LogP contribution in [-0.2, 0) is 4.79 Å². The van der Waals surface area contributed by atoms with E-state index < -0.39 is 18.6 Å². The molecule has 0 bridgehead atoms. The summed E-state index contributed by atoms with van der Waals surface area (Å²) in [6.45, 7) is -1.31. The topological polar surface area (TPSA) is 57.8 Å². The zero-order valence-electron chi connectivity index (χ0n) is 9.62. The predicted octanol–water partition coefficient (Wildman–Crippen LogP) is 2.33. The molecule has 1 aromatic heterocycles. The minimum absolute atomic E-state index is 0.115. The van der Waals surface area contributed by atoms with E-state index in [2.05, 4.69) is 9.97 Å². The van der Waals surface area contributed by atoms with Crippen molar-refractivity contribution < 1.29 is 18.0 Å². The normalized spacial score (nSPS) is 11.7. The van der Waals surface area contributed by atoms with Crippen LogP contribution >= 0.6 is 11.8 Å². The van der Waals surface area contributed by atoms with Crippen molar-refractivity contribution in [3.8, 4) is 0 Å². The molecule has 2 N–H and O–H groups in total. The van der Waals surface area contributed by atoms with Gasteiger partial charge in [0.15, 0.2) is 5.16 Å². The fourth-order valence-electron chi connectivity index (χ4n) is 1.38. The number of fused-ring (bicyclic) bond motifs is 1. The van der Waals surface area contributed by atoms with Crippen LogP contribution in [0.3, 0.4) is 0 Å². The number of rotatable bonds is 4. The van der Waals surface area contributed by atoms with Crippen molar-refractivity contribution in [3.05, 3.63) is 24.3 Å². The van der Waals surface area contributed by atoms with Gasteiger partial charge in [0.05, 0.1) is 16.8 Å². The molecular weight excluding hydrogens is 279 g/mol. The summed E-state index contributed by atoms with van der Waals surface area (Å²) in [7, 11) is 0. The van der Waals surface area contributed by atoms with Gasteiger partial charge >= 0.3 is 6.18 Å². The highest BCUT2D eigenvalue weighted by Crippen LogP contribution is 2.19. The largest absolute Gasteiger partial charge is 0.405 e. The Hall–Kier alpha value is -1.70. The molecular formula is C11H10F3N3OS. The third-order valence-corrected chi connectivity index (χ3v) is 3.07. The van der Waals surface area contributed by atoms with Crippen LogP contribution in [0.4, 0.5) is 13.2 Å². The summed E-state index contributed by atoms with van der Waals surface area (Å²) >= 11 is 1.06. The Kier molecular flexibility index (Phi) is 3.98. The molecule has 102 valence electrons. The third-order valence-electron chi connectivity index (χ3n) is 2.19. The van der Waals surface area contributed by atoms with Gasteiger partial charge < -0.3 is 10.3 Å². The predicted molar refractivity (Wildman–Crippen MR) is 65.9 cm³/mol. The number of amides is 1. The van der Waals surface area contributed by atoms with Crippen molar-refractivity contribution >= 4 is 28.7 Å². The summed E-state index contributed by atoms with van der Waals surface area (Å²) < 4.78 is 35.6. The second-order valence-corrected chi connectivity index (χ2v) is 4.70. The molecule has 1 aromatic carbocycles. The Morgan fingerprint density at radius 1 is 1.37 bits per heavy atom. The fourth-order valence-corrected chi connectivity index (χ4v) is 2.10. The second-order valence-electron chi connectivity index (χ2n) is 3.74. The van der Waals surface area contributed by atoms with Crippen molar-refractivity contribution in [2.24, 2.45) is 0 Å². The van der Waals surface area contributed by atoms with Gasteiger partial charge in [-0.2, -0.15) is 13.2 Å². The number of halogens is 3. The monoisotopic (exact) mass is 289 g/mol. The number of carbonyl (C=O) groups is 1. The van der Waals surface area contributed by atoms with E-state index in [1.807, 2.05) is 18.2 Å². The maximum Gasteiger partial charge on any atom is 0.405 e. The van der Waals surface area contributed by atoms with Crippen LogP contribution in [0.25, 0.3) is 11.0 Å². The van der Waals surface area contributed by atoms with E-state index in [1.165, 1.54) is 0 Å². The summed E-state index contributed by atoms with van der Waals surface area (Å²) in [5, 5.41) is 2.30. The van der Waals surface area contributed by atoms with Gasteiger partial charge in [0, 0.05) is 0 Å². The molecule has 8 heteroatoms. The van der Waals surface area contributed by atoms with Gasteiger partial charge in [0.1, 0.15) is 6.54 Å². The molecule has 1 heterocycles. The van der Waals surface area contributed by atoms with Crippen LogP contribution in [-0.4, -0.2) is 34.3 Å². The minimum atomic E-state index is -4.39. The number of nitrogens with zero attached hydrogens (tertiary/aromatic N) is 1. The van der Waals surface area contributed by atoms with Crippen LogP contribution in [0.15, 0.2) is 29.4 Å². The lowest BCUT2D eigenvalue weighted by Gasteiger charge is -2.07. The molecule has 0 saturated heterocycles. The smallest absolute Gasteiger partial charge is 0.346 e. The van der Waals surface area contributed by atoms with E-state index in [1.54, 1.807) is 11.4 Å². The lowest BCUT2D eigenvalue weighted by Crippen LogP contribution is -2.34. The number of H-pyrrole nitrogens is 1. The maximum absolute atomic E-state index is 11.9. The fraction of sp³-hybridized carbons (Fsp3) is 0.273. The molecule has 0 radical (unpaired) electrons. The third kappa shape index (κ3) is 4.16. The van der Waals surface area contributed by atoms with Crippen molar-refractivity contribution in [3.63, 3.8) is 0 Å². The number of nitrogens with one attached hydrogen (secondary N) is 2. The van der Waals surface area contributed by atoms with Crippen molar-refractivity contribution in [2.45, 2.75) is 11.3 Å². The number of para-hydroxylation sites is 2. The average molecular weight is 289 g/mol. The summed E-state index contributed by atoms with van der Waals surface area (Å²) in [5.41, 5.74) is 1.57. The van der Waals surface area contributed by atoms with E-state index >= 15 is 0 Å². The maximum atomic E-state index is 11.9. The molecule has 0 atom stereocenters. The first-order valence-electron chi connectivity index (χ1n) is 5.35. The zero-order valence-corrected chi connectivity index (χ0v) is 10.4. The average Bonchev–Trinajstić information content (AvgIpc) is 2.75. The number of thioether (sulfide) groups is 1. The van der Waals surface area contributed by atoms with Crippen LogP contribution in [0, 0.1) is 0 Å². The van der Waals surface area contributed by atoms with Crippen molar-refractivity contribution in [2.75, 3.05) is 12.3 Å². The number of aromatic amines is 1. The Labute approximate surface area is 110 Å². The first kappa shape index (κ1) is 13.7. The van der Waals surface area contributed by atoms with E-state index in [0.29, 0.717) is 5.16 Å². The van der Waals surface area contributed by atoms with Crippen LogP contribution in [0.5, 0.6) is 0 Å². The van der Waals surface area contributed by atoms with E-state index in [-0.39, 0.29) is 5.75 Å². The molecule has 0 aliphatic heterocycles. The van der Waals surface area contributed by atoms with Gasteiger partial charge in [0.2, 0.25) is 5.91 Å². The number of carbonyl (C=O) groups excluding carboxylic acids is 1. The van der Waals surface area contributed by atoms with Crippen LogP contribution in [0.1, 0.15) is 0 Å². The van der Waals surface area contributed by atoms with Gasteiger partial charge in [-0.15, -0.1) is 0 Å². The Morgan fingerprint density at radius 3 is 2.79 bits per heavy atom. The van der Waals surface area contributed by atoms with Crippen LogP contribution in [0.2, 0.25) is 0 Å². The molecule has 2 aromatic rings. The van der Waals surface area contributed by atoms with Crippen molar-refractivity contribution in [1.29, 1.82) is 0 Å². The molecule has 19 heavy (non-hydrogen) atoms. The number of benzene rings is 1. The van der Waals surface area contributed by atoms with E-state index in [0.717, 1.165) is 22.8 Å².